The molecule has 0 saturated carbocycles. The summed E-state index contributed by atoms with van der Waals surface area (Å²) >= 11 is 1.54. The van der Waals surface area contributed by atoms with Gasteiger partial charge in [0.05, 0.1) is 17.8 Å². The minimum Gasteiger partial charge on any atom is -0.468 e. The van der Waals surface area contributed by atoms with Crippen LogP contribution in [-0.4, -0.2) is 11.7 Å². The Labute approximate surface area is 117 Å². The van der Waals surface area contributed by atoms with Crippen LogP contribution in [0.2, 0.25) is 0 Å². The predicted molar refractivity (Wildman–Crippen MR) is 79.4 cm³/mol. The maximum Gasteiger partial charge on any atom is 0.234 e. The van der Waals surface area contributed by atoms with Crippen LogP contribution in [0.3, 0.4) is 0 Å². The van der Waals surface area contributed by atoms with Gasteiger partial charge in [-0.25, -0.2) is 0 Å². The number of furan rings is 1. The highest BCUT2D eigenvalue weighted by Crippen LogP contribution is 2.19. The lowest BCUT2D eigenvalue weighted by Gasteiger charge is -2.09. The summed E-state index contributed by atoms with van der Waals surface area (Å²) in [6.45, 7) is 4.05. The fourth-order valence-corrected chi connectivity index (χ4v) is 2.44. The summed E-state index contributed by atoms with van der Waals surface area (Å²) in [6.07, 6.45) is 1.64. The van der Waals surface area contributed by atoms with Crippen molar-refractivity contribution in [3.05, 3.63) is 53.5 Å². The molecule has 0 radical (unpaired) electrons. The monoisotopic (exact) mass is 275 g/mol. The number of aryl methyl sites for hydroxylation is 1. The standard InChI is InChI=1S/C15H17NO2S/c1-11-5-3-7-14(12(11)2)16-15(17)10-19-9-13-6-4-8-18-13/h3-8H,9-10H2,1-2H3,(H,16,17). The molecule has 0 bridgehead atoms. The average Bonchev–Trinajstić information content (AvgIpc) is 2.88. The van der Waals surface area contributed by atoms with E-state index in [0.29, 0.717) is 11.5 Å². The van der Waals surface area contributed by atoms with E-state index in [0.717, 1.165) is 17.0 Å². The molecule has 0 fully saturated rings. The number of carbonyl (C=O) groups excluding carboxylic acids is 1. The second kappa shape index (κ2) is 6.48. The van der Waals surface area contributed by atoms with Crippen molar-refractivity contribution in [2.45, 2.75) is 19.6 Å². The SMILES string of the molecule is Cc1cccc(NC(=O)CSCc2ccco2)c1C. The fourth-order valence-electron chi connectivity index (χ4n) is 1.71. The van der Waals surface area contributed by atoms with Gasteiger partial charge in [0.2, 0.25) is 5.91 Å². The summed E-state index contributed by atoms with van der Waals surface area (Å²) in [6, 6.07) is 9.68. The zero-order chi connectivity index (χ0) is 13.7. The number of hydrogen-bond acceptors (Lipinski definition) is 3. The highest BCUT2D eigenvalue weighted by atomic mass is 32.2. The quantitative estimate of drug-likeness (QED) is 0.903. The molecule has 3 nitrogen and oxygen atoms in total. The lowest BCUT2D eigenvalue weighted by atomic mass is 10.1. The molecule has 19 heavy (non-hydrogen) atoms. The molecule has 0 saturated heterocycles. The van der Waals surface area contributed by atoms with E-state index in [1.54, 1.807) is 18.0 Å². The van der Waals surface area contributed by atoms with Crippen LogP contribution < -0.4 is 5.32 Å². The third-order valence-corrected chi connectivity index (χ3v) is 3.89. The zero-order valence-electron chi connectivity index (χ0n) is 11.1. The third-order valence-electron chi connectivity index (χ3n) is 2.94. The molecule has 2 rings (SSSR count). The second-order valence-corrected chi connectivity index (χ2v) is 5.35. The van der Waals surface area contributed by atoms with Gasteiger partial charge in [-0.2, -0.15) is 0 Å². The molecule has 0 spiro atoms. The van der Waals surface area contributed by atoms with Crippen molar-refractivity contribution in [1.82, 2.24) is 0 Å². The number of anilines is 1. The summed E-state index contributed by atoms with van der Waals surface area (Å²) in [5.74, 6) is 2.05. The van der Waals surface area contributed by atoms with Crippen LogP contribution >= 0.6 is 11.8 Å². The number of hydrogen-bond donors (Lipinski definition) is 1. The van der Waals surface area contributed by atoms with E-state index in [4.69, 9.17) is 4.42 Å². The Kier molecular flexibility index (Phi) is 4.68. The molecule has 1 aromatic heterocycles. The molecule has 0 aliphatic carbocycles. The van der Waals surface area contributed by atoms with Crippen molar-refractivity contribution in [2.24, 2.45) is 0 Å². The molecular formula is C15H17NO2S. The molecule has 100 valence electrons. The highest BCUT2D eigenvalue weighted by Gasteiger charge is 2.06. The van der Waals surface area contributed by atoms with Crippen LogP contribution in [0.15, 0.2) is 41.0 Å². The van der Waals surface area contributed by atoms with Crippen LogP contribution in [0.5, 0.6) is 0 Å². The zero-order valence-corrected chi connectivity index (χ0v) is 11.9. The topological polar surface area (TPSA) is 42.2 Å². The molecule has 1 N–H and O–H groups in total. The molecular weight excluding hydrogens is 258 g/mol. The van der Waals surface area contributed by atoms with Crippen molar-refractivity contribution in [1.29, 1.82) is 0 Å². The number of benzene rings is 1. The van der Waals surface area contributed by atoms with Gasteiger partial charge in [0.15, 0.2) is 0 Å². The van der Waals surface area contributed by atoms with Gasteiger partial charge >= 0.3 is 0 Å². The number of carbonyl (C=O) groups is 1. The van der Waals surface area contributed by atoms with Crippen molar-refractivity contribution in [2.75, 3.05) is 11.1 Å². The molecule has 0 aliphatic rings. The largest absolute Gasteiger partial charge is 0.468 e. The van der Waals surface area contributed by atoms with Crippen LogP contribution in [0.1, 0.15) is 16.9 Å². The van der Waals surface area contributed by atoms with Gasteiger partial charge in [-0.05, 0) is 43.2 Å². The summed E-state index contributed by atoms with van der Waals surface area (Å²) in [5.41, 5.74) is 3.19. The molecule has 1 aromatic carbocycles. The van der Waals surface area contributed by atoms with Crippen molar-refractivity contribution in [3.8, 4) is 0 Å². The number of thioether (sulfide) groups is 1. The first-order valence-electron chi connectivity index (χ1n) is 6.13. The Morgan fingerprint density at radius 3 is 2.84 bits per heavy atom. The van der Waals surface area contributed by atoms with E-state index in [1.807, 2.05) is 44.2 Å². The highest BCUT2D eigenvalue weighted by molar-refractivity contribution is 7.99. The van der Waals surface area contributed by atoms with Gasteiger partial charge in [0, 0.05) is 5.69 Å². The average molecular weight is 275 g/mol. The Hall–Kier alpha value is -1.68. The Bertz CT molecular complexity index is 549. The van der Waals surface area contributed by atoms with Gasteiger partial charge in [0.25, 0.3) is 0 Å². The first-order chi connectivity index (χ1) is 9.16. The lowest BCUT2D eigenvalue weighted by molar-refractivity contribution is -0.113. The van der Waals surface area contributed by atoms with E-state index in [9.17, 15) is 4.79 Å². The Morgan fingerprint density at radius 1 is 1.26 bits per heavy atom. The van der Waals surface area contributed by atoms with Crippen LogP contribution in [-0.2, 0) is 10.5 Å². The Balaban J connectivity index is 1.82. The maximum absolute atomic E-state index is 11.8. The smallest absolute Gasteiger partial charge is 0.234 e. The summed E-state index contributed by atoms with van der Waals surface area (Å²) in [4.78, 5) is 11.8. The van der Waals surface area contributed by atoms with Gasteiger partial charge in [-0.3, -0.25) is 4.79 Å². The summed E-state index contributed by atoms with van der Waals surface area (Å²) in [7, 11) is 0. The first-order valence-corrected chi connectivity index (χ1v) is 7.28. The lowest BCUT2D eigenvalue weighted by Crippen LogP contribution is -2.15. The van der Waals surface area contributed by atoms with Crippen LogP contribution in [0, 0.1) is 13.8 Å². The van der Waals surface area contributed by atoms with Gasteiger partial charge in [0.1, 0.15) is 5.76 Å². The van der Waals surface area contributed by atoms with E-state index in [-0.39, 0.29) is 5.91 Å². The third kappa shape index (κ3) is 3.89. The van der Waals surface area contributed by atoms with Crippen molar-refractivity contribution in [3.63, 3.8) is 0 Å². The molecule has 2 aromatic rings. The van der Waals surface area contributed by atoms with Crippen LogP contribution in [0.4, 0.5) is 5.69 Å². The van der Waals surface area contributed by atoms with Crippen molar-refractivity contribution >= 4 is 23.4 Å². The maximum atomic E-state index is 11.8. The van der Waals surface area contributed by atoms with Crippen LogP contribution in [0.25, 0.3) is 0 Å². The summed E-state index contributed by atoms with van der Waals surface area (Å²) < 4.78 is 5.22. The van der Waals surface area contributed by atoms with Gasteiger partial charge < -0.3 is 9.73 Å². The molecule has 1 amide bonds. The second-order valence-electron chi connectivity index (χ2n) is 4.37. The number of rotatable bonds is 5. The molecule has 0 aliphatic heterocycles. The number of amides is 1. The fraction of sp³-hybridized carbons (Fsp3) is 0.267. The number of nitrogens with one attached hydrogen (secondary N) is 1. The van der Waals surface area contributed by atoms with Crippen molar-refractivity contribution < 1.29 is 9.21 Å². The van der Waals surface area contributed by atoms with E-state index in [1.165, 1.54) is 5.56 Å². The van der Waals surface area contributed by atoms with E-state index >= 15 is 0 Å². The van der Waals surface area contributed by atoms with E-state index in [2.05, 4.69) is 5.32 Å². The normalized spacial score (nSPS) is 10.4. The minimum atomic E-state index is 0.0188. The van der Waals surface area contributed by atoms with E-state index < -0.39 is 0 Å². The predicted octanol–water partition coefficient (Wildman–Crippen LogP) is 3.77. The molecule has 1 heterocycles. The molecule has 4 heteroatoms. The first kappa shape index (κ1) is 13.7. The summed E-state index contributed by atoms with van der Waals surface area (Å²) in [5, 5.41) is 2.94. The Morgan fingerprint density at radius 2 is 2.11 bits per heavy atom. The van der Waals surface area contributed by atoms with Gasteiger partial charge in [-0.1, -0.05) is 12.1 Å². The molecule has 0 unspecified atom stereocenters. The minimum absolute atomic E-state index is 0.0188. The van der Waals surface area contributed by atoms with Gasteiger partial charge in [-0.15, -0.1) is 11.8 Å². The molecule has 0 atom stereocenters.